The third-order valence-corrected chi connectivity index (χ3v) is 4.52. The Hall–Kier alpha value is -2.88. The molecule has 1 N–H and O–H groups in total. The van der Waals surface area contributed by atoms with E-state index in [-0.39, 0.29) is 17.7 Å². The third-order valence-electron chi connectivity index (χ3n) is 4.52. The van der Waals surface area contributed by atoms with Gasteiger partial charge in [-0.1, -0.05) is 50.2 Å². The summed E-state index contributed by atoms with van der Waals surface area (Å²) in [7, 11) is 0. The van der Waals surface area contributed by atoms with E-state index in [4.69, 9.17) is 0 Å². The average Bonchev–Trinajstić information content (AvgIpc) is 2.66. The number of fused-ring (bicyclic) bond motifs is 1. The van der Waals surface area contributed by atoms with E-state index in [1.54, 1.807) is 6.08 Å². The van der Waals surface area contributed by atoms with Crippen molar-refractivity contribution in [2.24, 2.45) is 5.92 Å². The fourth-order valence-corrected chi connectivity index (χ4v) is 3.11. The maximum atomic E-state index is 12.2. The minimum atomic E-state index is -0.167. The molecule has 0 saturated heterocycles. The summed E-state index contributed by atoms with van der Waals surface area (Å²) in [6.45, 7) is 5.21. The zero-order valence-electron chi connectivity index (χ0n) is 15.2. The molecule has 0 atom stereocenters. The highest BCUT2D eigenvalue weighted by Gasteiger charge is 2.22. The summed E-state index contributed by atoms with van der Waals surface area (Å²) < 4.78 is 0. The first-order chi connectivity index (χ1) is 12.5. The van der Waals surface area contributed by atoms with Crippen LogP contribution in [0.3, 0.4) is 0 Å². The molecule has 2 aromatic carbocycles. The Bertz CT molecular complexity index is 825. The molecule has 0 saturated carbocycles. The largest absolute Gasteiger partial charge is 0.338 e. The first kappa shape index (κ1) is 17.9. The second-order valence-corrected chi connectivity index (χ2v) is 6.88. The van der Waals surface area contributed by atoms with Crippen LogP contribution in [0.4, 0.5) is 5.69 Å². The number of amides is 2. The molecule has 1 aliphatic heterocycles. The molecule has 3 rings (SSSR count). The molecule has 26 heavy (non-hydrogen) atoms. The number of hydrogen-bond acceptors (Lipinski definition) is 2. The van der Waals surface area contributed by atoms with E-state index >= 15 is 0 Å². The van der Waals surface area contributed by atoms with Crippen LogP contribution in [0.5, 0.6) is 0 Å². The molecule has 2 amide bonds. The van der Waals surface area contributed by atoms with Gasteiger partial charge in [-0.3, -0.25) is 9.59 Å². The molecule has 0 spiro atoms. The Morgan fingerprint density at radius 2 is 1.85 bits per heavy atom. The van der Waals surface area contributed by atoms with Crippen molar-refractivity contribution in [3.05, 3.63) is 71.3 Å². The minimum Gasteiger partial charge on any atom is -0.338 e. The van der Waals surface area contributed by atoms with Gasteiger partial charge in [-0.25, -0.2) is 0 Å². The summed E-state index contributed by atoms with van der Waals surface area (Å²) in [5.74, 6) is 0.0122. The lowest BCUT2D eigenvalue weighted by atomic mass is 9.98. The summed E-state index contributed by atoms with van der Waals surface area (Å²) >= 11 is 0. The summed E-state index contributed by atoms with van der Waals surface area (Å²) in [5.41, 5.74) is 4.09. The third kappa shape index (κ3) is 4.39. The Kier molecular flexibility index (Phi) is 5.52. The first-order valence-corrected chi connectivity index (χ1v) is 8.97. The molecule has 2 aromatic rings. The average molecular weight is 348 g/mol. The van der Waals surface area contributed by atoms with Crippen LogP contribution in [0.25, 0.3) is 6.08 Å². The van der Waals surface area contributed by atoms with Gasteiger partial charge in [0.05, 0.1) is 0 Å². The van der Waals surface area contributed by atoms with E-state index < -0.39 is 0 Å². The van der Waals surface area contributed by atoms with Crippen LogP contribution in [0, 0.1) is 5.92 Å². The maximum absolute atomic E-state index is 12.2. The van der Waals surface area contributed by atoms with Crippen LogP contribution in [0.1, 0.15) is 30.5 Å². The van der Waals surface area contributed by atoms with E-state index in [2.05, 4.69) is 5.32 Å². The number of nitrogens with zero attached hydrogens (tertiary/aromatic N) is 1. The molecule has 0 fully saturated rings. The predicted octanol–water partition coefficient (Wildman–Crippen LogP) is 3.88. The summed E-state index contributed by atoms with van der Waals surface area (Å²) in [4.78, 5) is 26.3. The van der Waals surface area contributed by atoms with Gasteiger partial charge in [0.1, 0.15) is 0 Å². The highest BCUT2D eigenvalue weighted by molar-refractivity contribution is 6.02. The fraction of sp³-hybridized carbons (Fsp3) is 0.273. The molecule has 0 unspecified atom stereocenters. The minimum absolute atomic E-state index is 0.00237. The van der Waals surface area contributed by atoms with Crippen molar-refractivity contribution in [1.82, 2.24) is 4.90 Å². The van der Waals surface area contributed by atoms with Crippen LogP contribution >= 0.6 is 0 Å². The number of carbonyl (C=O) groups is 2. The van der Waals surface area contributed by atoms with Gasteiger partial charge in [-0.2, -0.15) is 0 Å². The van der Waals surface area contributed by atoms with Crippen molar-refractivity contribution in [3.8, 4) is 0 Å². The summed E-state index contributed by atoms with van der Waals surface area (Å²) in [6, 6.07) is 15.7. The van der Waals surface area contributed by atoms with Crippen molar-refractivity contribution in [2.75, 3.05) is 11.9 Å². The quantitative estimate of drug-likeness (QED) is 0.853. The van der Waals surface area contributed by atoms with Crippen molar-refractivity contribution in [1.29, 1.82) is 0 Å². The van der Waals surface area contributed by atoms with E-state index in [0.717, 1.165) is 29.8 Å². The van der Waals surface area contributed by atoms with Crippen LogP contribution in [-0.2, 0) is 22.6 Å². The van der Waals surface area contributed by atoms with Gasteiger partial charge in [-0.05, 0) is 41.3 Å². The molecular formula is C22H24N2O2. The zero-order valence-corrected chi connectivity index (χ0v) is 15.2. The van der Waals surface area contributed by atoms with Gasteiger partial charge >= 0.3 is 0 Å². The van der Waals surface area contributed by atoms with Gasteiger partial charge < -0.3 is 10.2 Å². The van der Waals surface area contributed by atoms with Crippen LogP contribution in [0.15, 0.2) is 54.6 Å². The number of hydrogen-bond donors (Lipinski definition) is 1. The molecule has 0 radical (unpaired) electrons. The highest BCUT2D eigenvalue weighted by Crippen LogP contribution is 2.23. The van der Waals surface area contributed by atoms with Gasteiger partial charge in [0.2, 0.25) is 11.8 Å². The number of benzene rings is 2. The molecule has 0 aliphatic carbocycles. The van der Waals surface area contributed by atoms with Crippen molar-refractivity contribution < 1.29 is 9.59 Å². The summed E-state index contributed by atoms with van der Waals surface area (Å²) in [6.07, 6.45) is 4.18. The Labute approximate surface area is 154 Å². The van der Waals surface area contributed by atoms with E-state index in [9.17, 15) is 9.59 Å². The van der Waals surface area contributed by atoms with Gasteiger partial charge in [0.25, 0.3) is 0 Å². The zero-order chi connectivity index (χ0) is 18.5. The highest BCUT2D eigenvalue weighted by atomic mass is 16.2. The standard InChI is InChI=1S/C22H24N2O2/c1-16(2)22(26)24-13-12-18-9-10-20(14-19(18)15-24)23-21(25)11-8-17-6-4-3-5-7-17/h3-11,14,16H,12-13,15H2,1-2H3,(H,23,25)/b11-8+. The lowest BCUT2D eigenvalue weighted by Gasteiger charge is -2.30. The fourth-order valence-electron chi connectivity index (χ4n) is 3.11. The Morgan fingerprint density at radius 1 is 1.08 bits per heavy atom. The van der Waals surface area contributed by atoms with Crippen LogP contribution in [0.2, 0.25) is 0 Å². The predicted molar refractivity (Wildman–Crippen MR) is 105 cm³/mol. The number of nitrogens with one attached hydrogen (secondary N) is 1. The number of carbonyl (C=O) groups excluding carboxylic acids is 2. The number of anilines is 1. The van der Waals surface area contributed by atoms with Crippen molar-refractivity contribution in [2.45, 2.75) is 26.8 Å². The second kappa shape index (κ2) is 8.00. The molecule has 0 bridgehead atoms. The lowest BCUT2D eigenvalue weighted by molar-refractivity contribution is -0.135. The molecule has 134 valence electrons. The molecule has 1 aliphatic rings. The molecule has 4 heteroatoms. The van der Waals surface area contributed by atoms with Gasteiger partial charge in [0, 0.05) is 30.8 Å². The van der Waals surface area contributed by atoms with Crippen molar-refractivity contribution >= 4 is 23.6 Å². The topological polar surface area (TPSA) is 49.4 Å². The van der Waals surface area contributed by atoms with E-state index in [1.807, 2.05) is 67.3 Å². The van der Waals surface area contributed by atoms with Crippen molar-refractivity contribution in [3.63, 3.8) is 0 Å². The first-order valence-electron chi connectivity index (χ1n) is 8.97. The lowest BCUT2D eigenvalue weighted by Crippen LogP contribution is -2.38. The monoisotopic (exact) mass is 348 g/mol. The van der Waals surface area contributed by atoms with Crippen LogP contribution < -0.4 is 5.32 Å². The van der Waals surface area contributed by atoms with E-state index in [0.29, 0.717) is 6.54 Å². The SMILES string of the molecule is CC(C)C(=O)N1CCc2ccc(NC(=O)/C=C/c3ccccc3)cc2C1. The normalized spacial score (nSPS) is 13.7. The Balaban J connectivity index is 1.67. The molecule has 1 heterocycles. The van der Waals surface area contributed by atoms with Gasteiger partial charge in [-0.15, -0.1) is 0 Å². The molecule has 0 aromatic heterocycles. The van der Waals surface area contributed by atoms with Crippen LogP contribution in [-0.4, -0.2) is 23.3 Å². The summed E-state index contributed by atoms with van der Waals surface area (Å²) in [5, 5.41) is 2.90. The maximum Gasteiger partial charge on any atom is 0.248 e. The van der Waals surface area contributed by atoms with E-state index in [1.165, 1.54) is 11.6 Å². The Morgan fingerprint density at radius 3 is 2.58 bits per heavy atom. The second-order valence-electron chi connectivity index (χ2n) is 6.88. The molecular weight excluding hydrogens is 324 g/mol. The number of rotatable bonds is 4. The molecule has 4 nitrogen and oxygen atoms in total. The smallest absolute Gasteiger partial charge is 0.248 e. The van der Waals surface area contributed by atoms with Gasteiger partial charge in [0.15, 0.2) is 0 Å².